The standard InChI is InChI=1S/C39H43NO4/c1-28(33-17-10-5-11-18-33)23-37(43)34-19-12-20-35(26-34)38(44)25-32(24-31-15-8-4-9-16-31)27-40-39(29(2)41)36(42)22-21-30-13-6-3-7-14-30/h3-20,26,28-29,32,39-41H,21-25,27H2,1-2H3. The Hall–Kier alpha value is -4.19. The van der Waals surface area contributed by atoms with E-state index in [1.165, 1.54) is 0 Å². The van der Waals surface area contributed by atoms with Gasteiger partial charge in [-0.05, 0) is 60.9 Å². The summed E-state index contributed by atoms with van der Waals surface area (Å²) in [6.07, 6.45) is 1.30. The number of nitrogens with one attached hydrogen (secondary N) is 1. The zero-order valence-corrected chi connectivity index (χ0v) is 25.7. The van der Waals surface area contributed by atoms with Crippen molar-refractivity contribution in [1.29, 1.82) is 0 Å². The minimum Gasteiger partial charge on any atom is -0.391 e. The van der Waals surface area contributed by atoms with Crippen molar-refractivity contribution in [3.05, 3.63) is 143 Å². The van der Waals surface area contributed by atoms with Crippen LogP contribution in [0.5, 0.6) is 0 Å². The first-order chi connectivity index (χ1) is 21.3. The van der Waals surface area contributed by atoms with Crippen LogP contribution in [0.4, 0.5) is 0 Å². The van der Waals surface area contributed by atoms with E-state index in [2.05, 4.69) is 5.32 Å². The first-order valence-corrected chi connectivity index (χ1v) is 15.5. The molecule has 0 spiro atoms. The zero-order chi connectivity index (χ0) is 31.3. The molecule has 44 heavy (non-hydrogen) atoms. The molecule has 4 rings (SSSR count). The van der Waals surface area contributed by atoms with Crippen molar-refractivity contribution in [3.8, 4) is 0 Å². The molecule has 0 aliphatic carbocycles. The molecule has 0 aliphatic heterocycles. The molecule has 0 saturated carbocycles. The summed E-state index contributed by atoms with van der Waals surface area (Å²) >= 11 is 0. The summed E-state index contributed by atoms with van der Waals surface area (Å²) in [5, 5.41) is 13.8. The number of aliphatic hydroxyl groups excluding tert-OH is 1. The Kier molecular flexibility index (Phi) is 12.3. The number of aryl methyl sites for hydroxylation is 1. The van der Waals surface area contributed by atoms with Crippen molar-refractivity contribution in [2.45, 2.75) is 64.0 Å². The molecule has 5 heteroatoms. The summed E-state index contributed by atoms with van der Waals surface area (Å²) in [6, 6.07) is 36.0. The van der Waals surface area contributed by atoms with Crippen molar-refractivity contribution in [1.82, 2.24) is 5.32 Å². The smallest absolute Gasteiger partial charge is 0.163 e. The van der Waals surface area contributed by atoms with E-state index in [1.807, 2.05) is 97.9 Å². The molecule has 0 heterocycles. The SMILES string of the molecule is CC(CC(=O)c1cccc(C(=O)CC(CNC(C(=O)CCc2ccccc2)C(C)O)Cc2ccccc2)c1)c1ccccc1. The second-order valence-electron chi connectivity index (χ2n) is 11.8. The van der Waals surface area contributed by atoms with Crippen LogP contribution in [0.1, 0.15) is 76.4 Å². The van der Waals surface area contributed by atoms with E-state index in [9.17, 15) is 19.5 Å². The molecule has 0 fully saturated rings. The fraction of sp³-hybridized carbons (Fsp3) is 0.308. The van der Waals surface area contributed by atoms with E-state index in [4.69, 9.17) is 0 Å². The second kappa shape index (κ2) is 16.6. The van der Waals surface area contributed by atoms with Crippen LogP contribution in [0.15, 0.2) is 115 Å². The van der Waals surface area contributed by atoms with E-state index < -0.39 is 12.1 Å². The maximum absolute atomic E-state index is 13.6. The molecule has 0 bridgehead atoms. The van der Waals surface area contributed by atoms with Crippen molar-refractivity contribution >= 4 is 17.3 Å². The van der Waals surface area contributed by atoms with E-state index >= 15 is 0 Å². The molecule has 0 aliphatic rings. The van der Waals surface area contributed by atoms with Gasteiger partial charge in [-0.3, -0.25) is 14.4 Å². The Morgan fingerprint density at radius 3 is 1.82 bits per heavy atom. The van der Waals surface area contributed by atoms with Gasteiger partial charge in [0.05, 0.1) is 12.1 Å². The highest BCUT2D eigenvalue weighted by Crippen LogP contribution is 2.22. The minimum absolute atomic E-state index is 0.00676. The van der Waals surface area contributed by atoms with Crippen LogP contribution in [0.25, 0.3) is 0 Å². The molecule has 2 N–H and O–H groups in total. The van der Waals surface area contributed by atoms with Gasteiger partial charge in [-0.1, -0.05) is 116 Å². The Bertz CT molecular complexity index is 1480. The molecule has 4 atom stereocenters. The zero-order valence-electron chi connectivity index (χ0n) is 25.7. The third-order valence-corrected chi connectivity index (χ3v) is 8.17. The van der Waals surface area contributed by atoms with E-state index in [1.54, 1.807) is 31.2 Å². The minimum atomic E-state index is -0.868. The largest absolute Gasteiger partial charge is 0.391 e. The molecule has 0 amide bonds. The number of carbonyl (C=O) groups is 3. The molecular weight excluding hydrogens is 546 g/mol. The van der Waals surface area contributed by atoms with Gasteiger partial charge in [0.25, 0.3) is 0 Å². The Morgan fingerprint density at radius 2 is 1.23 bits per heavy atom. The lowest BCUT2D eigenvalue weighted by molar-refractivity contribution is -0.123. The van der Waals surface area contributed by atoms with Crippen molar-refractivity contribution in [2.75, 3.05) is 6.54 Å². The van der Waals surface area contributed by atoms with E-state index in [0.717, 1.165) is 16.7 Å². The van der Waals surface area contributed by atoms with Gasteiger partial charge in [0, 0.05) is 30.4 Å². The van der Waals surface area contributed by atoms with Gasteiger partial charge < -0.3 is 10.4 Å². The van der Waals surface area contributed by atoms with Crippen LogP contribution in [0.2, 0.25) is 0 Å². The highest BCUT2D eigenvalue weighted by atomic mass is 16.3. The highest BCUT2D eigenvalue weighted by Gasteiger charge is 2.25. The maximum Gasteiger partial charge on any atom is 0.163 e. The van der Waals surface area contributed by atoms with Crippen molar-refractivity contribution in [2.24, 2.45) is 5.92 Å². The van der Waals surface area contributed by atoms with Gasteiger partial charge >= 0.3 is 0 Å². The summed E-state index contributed by atoms with van der Waals surface area (Å²) in [4.78, 5) is 39.8. The number of Topliss-reactive ketones (excluding diaryl/α,β-unsaturated/α-hetero) is 3. The number of aliphatic hydroxyl groups is 1. The first-order valence-electron chi connectivity index (χ1n) is 15.5. The van der Waals surface area contributed by atoms with Crippen LogP contribution >= 0.6 is 0 Å². The topological polar surface area (TPSA) is 83.5 Å². The number of hydrogen-bond donors (Lipinski definition) is 2. The maximum atomic E-state index is 13.6. The second-order valence-corrected chi connectivity index (χ2v) is 11.8. The molecular formula is C39H43NO4. The summed E-state index contributed by atoms with van der Waals surface area (Å²) in [5.41, 5.74) is 4.32. The molecule has 228 valence electrons. The molecule has 4 aromatic carbocycles. The number of rotatable bonds is 17. The molecule has 5 nitrogen and oxygen atoms in total. The van der Waals surface area contributed by atoms with Crippen LogP contribution in [0, 0.1) is 5.92 Å². The molecule has 4 aromatic rings. The predicted octanol–water partition coefficient (Wildman–Crippen LogP) is 7.04. The van der Waals surface area contributed by atoms with Gasteiger partial charge in [0.2, 0.25) is 0 Å². The lowest BCUT2D eigenvalue weighted by atomic mass is 9.89. The molecule has 0 saturated heterocycles. The third kappa shape index (κ3) is 9.94. The van der Waals surface area contributed by atoms with Gasteiger partial charge in [0.1, 0.15) is 0 Å². The summed E-state index contributed by atoms with van der Waals surface area (Å²) < 4.78 is 0. The first kappa shape index (κ1) is 32.7. The van der Waals surface area contributed by atoms with Crippen molar-refractivity contribution < 1.29 is 19.5 Å². The van der Waals surface area contributed by atoms with Crippen LogP contribution in [-0.4, -0.2) is 41.1 Å². The average Bonchev–Trinajstić information content (AvgIpc) is 3.05. The Labute approximate surface area is 261 Å². The number of benzene rings is 4. The molecule has 4 unspecified atom stereocenters. The molecule has 0 radical (unpaired) electrons. The van der Waals surface area contributed by atoms with E-state index in [0.29, 0.717) is 43.4 Å². The fourth-order valence-corrected chi connectivity index (χ4v) is 5.62. The van der Waals surface area contributed by atoms with Crippen LogP contribution in [-0.2, 0) is 17.6 Å². The fourth-order valence-electron chi connectivity index (χ4n) is 5.62. The van der Waals surface area contributed by atoms with Crippen LogP contribution < -0.4 is 5.32 Å². The number of ketones is 3. The van der Waals surface area contributed by atoms with Gasteiger partial charge in [-0.25, -0.2) is 0 Å². The normalized spacial score (nSPS) is 13.9. The summed E-state index contributed by atoms with van der Waals surface area (Å²) in [7, 11) is 0. The lowest BCUT2D eigenvalue weighted by Crippen LogP contribution is -2.47. The summed E-state index contributed by atoms with van der Waals surface area (Å²) in [5.74, 6) is -0.147. The lowest BCUT2D eigenvalue weighted by Gasteiger charge is -2.24. The monoisotopic (exact) mass is 589 g/mol. The van der Waals surface area contributed by atoms with Gasteiger partial charge in [0.15, 0.2) is 17.3 Å². The Morgan fingerprint density at radius 1 is 0.682 bits per heavy atom. The quantitative estimate of drug-likeness (QED) is 0.129. The highest BCUT2D eigenvalue weighted by molar-refractivity contribution is 6.01. The molecule has 0 aromatic heterocycles. The van der Waals surface area contributed by atoms with E-state index in [-0.39, 0.29) is 35.6 Å². The van der Waals surface area contributed by atoms with Crippen molar-refractivity contribution in [3.63, 3.8) is 0 Å². The Balaban J connectivity index is 1.42. The van der Waals surface area contributed by atoms with Crippen LogP contribution in [0.3, 0.4) is 0 Å². The number of hydrogen-bond acceptors (Lipinski definition) is 5. The number of carbonyl (C=O) groups excluding carboxylic acids is 3. The summed E-state index contributed by atoms with van der Waals surface area (Å²) in [6.45, 7) is 4.05. The average molecular weight is 590 g/mol. The third-order valence-electron chi connectivity index (χ3n) is 8.17. The predicted molar refractivity (Wildman–Crippen MR) is 176 cm³/mol. The van der Waals surface area contributed by atoms with Gasteiger partial charge in [-0.2, -0.15) is 0 Å². The van der Waals surface area contributed by atoms with Gasteiger partial charge in [-0.15, -0.1) is 0 Å².